The van der Waals surface area contributed by atoms with Gasteiger partial charge in [0.25, 0.3) is 5.91 Å². The molecule has 0 aliphatic rings. The Balaban J connectivity index is 1.81. The number of rotatable bonds is 5. The molecule has 5 nitrogen and oxygen atoms in total. The second-order valence-electron chi connectivity index (χ2n) is 4.22. The van der Waals surface area contributed by atoms with E-state index in [1.54, 1.807) is 42.5 Å². The van der Waals surface area contributed by atoms with Crippen molar-refractivity contribution in [1.82, 2.24) is 5.43 Å². The van der Waals surface area contributed by atoms with E-state index >= 15 is 0 Å². The first-order valence-corrected chi connectivity index (χ1v) is 6.62. The van der Waals surface area contributed by atoms with Crippen LogP contribution in [0.1, 0.15) is 5.56 Å². The van der Waals surface area contributed by atoms with E-state index in [9.17, 15) is 9.90 Å². The van der Waals surface area contributed by atoms with Gasteiger partial charge in [0.05, 0.1) is 12.8 Å². The van der Waals surface area contributed by atoms with Crippen LogP contribution in [0.25, 0.3) is 0 Å². The van der Waals surface area contributed by atoms with E-state index in [0.717, 1.165) is 5.69 Å². The zero-order chi connectivity index (χ0) is 15.1. The van der Waals surface area contributed by atoms with E-state index in [-0.39, 0.29) is 18.2 Å². The van der Waals surface area contributed by atoms with Gasteiger partial charge in [0, 0.05) is 16.3 Å². The summed E-state index contributed by atoms with van der Waals surface area (Å²) in [5, 5.41) is 16.8. The first-order valence-electron chi connectivity index (χ1n) is 6.24. The molecule has 0 bridgehead atoms. The molecule has 1 amide bonds. The highest BCUT2D eigenvalue weighted by molar-refractivity contribution is 6.30. The van der Waals surface area contributed by atoms with Crippen molar-refractivity contribution in [3.8, 4) is 5.75 Å². The molecule has 2 aromatic carbocycles. The number of halogens is 1. The Morgan fingerprint density at radius 3 is 2.81 bits per heavy atom. The summed E-state index contributed by atoms with van der Waals surface area (Å²) >= 11 is 5.84. The van der Waals surface area contributed by atoms with Crippen LogP contribution in [-0.4, -0.2) is 23.8 Å². The highest BCUT2D eigenvalue weighted by Crippen LogP contribution is 2.14. The lowest BCUT2D eigenvalue weighted by Gasteiger charge is -2.05. The van der Waals surface area contributed by atoms with Gasteiger partial charge in [-0.25, -0.2) is 5.43 Å². The van der Waals surface area contributed by atoms with Crippen LogP contribution in [0.5, 0.6) is 5.75 Å². The fourth-order valence-corrected chi connectivity index (χ4v) is 1.78. The van der Waals surface area contributed by atoms with Crippen LogP contribution in [0, 0.1) is 0 Å². The number of para-hydroxylation sites is 1. The first kappa shape index (κ1) is 14.9. The van der Waals surface area contributed by atoms with Crippen LogP contribution in [0.3, 0.4) is 0 Å². The fraction of sp³-hybridized carbons (Fsp3) is 0.0667. The summed E-state index contributed by atoms with van der Waals surface area (Å²) in [5.41, 5.74) is 3.65. The molecule has 0 spiro atoms. The van der Waals surface area contributed by atoms with Crippen LogP contribution in [0.4, 0.5) is 5.69 Å². The number of hydrazone groups is 1. The number of hydrogen-bond donors (Lipinski definition) is 3. The average molecular weight is 304 g/mol. The normalized spacial score (nSPS) is 10.5. The van der Waals surface area contributed by atoms with Crippen LogP contribution >= 0.6 is 11.6 Å². The number of aromatic hydroxyl groups is 1. The second-order valence-corrected chi connectivity index (χ2v) is 4.65. The van der Waals surface area contributed by atoms with Crippen molar-refractivity contribution in [3.63, 3.8) is 0 Å². The molecule has 0 atom stereocenters. The second kappa shape index (κ2) is 7.31. The molecular weight excluding hydrogens is 290 g/mol. The fourth-order valence-electron chi connectivity index (χ4n) is 1.59. The van der Waals surface area contributed by atoms with Crippen LogP contribution in [-0.2, 0) is 4.79 Å². The molecular formula is C15H14ClN3O2. The Kier molecular flexibility index (Phi) is 5.17. The van der Waals surface area contributed by atoms with Gasteiger partial charge >= 0.3 is 0 Å². The maximum absolute atomic E-state index is 11.6. The largest absolute Gasteiger partial charge is 0.507 e. The number of phenolic OH excluding ortho intramolecular Hbond substituents is 1. The van der Waals surface area contributed by atoms with Gasteiger partial charge < -0.3 is 10.4 Å². The summed E-state index contributed by atoms with van der Waals surface area (Å²) in [6.45, 7) is 0.0679. The topological polar surface area (TPSA) is 73.7 Å². The van der Waals surface area contributed by atoms with Gasteiger partial charge in [0.1, 0.15) is 5.75 Å². The van der Waals surface area contributed by atoms with Crippen LogP contribution in [0.2, 0.25) is 5.02 Å². The van der Waals surface area contributed by atoms with Crippen molar-refractivity contribution in [2.75, 3.05) is 11.9 Å². The summed E-state index contributed by atoms with van der Waals surface area (Å²) < 4.78 is 0. The lowest BCUT2D eigenvalue weighted by Crippen LogP contribution is -2.25. The predicted molar refractivity (Wildman–Crippen MR) is 83.8 cm³/mol. The van der Waals surface area contributed by atoms with Gasteiger partial charge in [-0.05, 0) is 30.3 Å². The molecule has 21 heavy (non-hydrogen) atoms. The smallest absolute Gasteiger partial charge is 0.259 e. The summed E-state index contributed by atoms with van der Waals surface area (Å²) in [6, 6.07) is 13.8. The van der Waals surface area contributed by atoms with Gasteiger partial charge in [-0.3, -0.25) is 4.79 Å². The van der Waals surface area contributed by atoms with Crippen LogP contribution < -0.4 is 10.7 Å². The molecule has 0 fully saturated rings. The summed E-state index contributed by atoms with van der Waals surface area (Å²) in [7, 11) is 0. The van der Waals surface area contributed by atoms with Crippen molar-refractivity contribution in [2.24, 2.45) is 5.10 Å². The van der Waals surface area contributed by atoms with E-state index in [2.05, 4.69) is 15.8 Å². The van der Waals surface area contributed by atoms with E-state index in [0.29, 0.717) is 10.6 Å². The van der Waals surface area contributed by atoms with E-state index in [4.69, 9.17) is 11.6 Å². The molecule has 0 radical (unpaired) electrons. The Bertz CT molecular complexity index is 659. The van der Waals surface area contributed by atoms with Crippen LogP contribution in [0.15, 0.2) is 53.6 Å². The van der Waals surface area contributed by atoms with Crippen molar-refractivity contribution in [2.45, 2.75) is 0 Å². The minimum absolute atomic E-state index is 0.0679. The number of carbonyl (C=O) groups is 1. The molecule has 2 aromatic rings. The standard InChI is InChI=1S/C15H14ClN3O2/c16-12-5-3-6-13(8-12)17-10-15(21)19-18-9-11-4-1-2-7-14(11)20/h1-9,17,20H,10H2,(H,19,21). The van der Waals surface area contributed by atoms with Crippen molar-refractivity contribution in [3.05, 3.63) is 59.1 Å². The molecule has 6 heteroatoms. The predicted octanol–water partition coefficient (Wildman–Crippen LogP) is 2.61. The average Bonchev–Trinajstić information content (AvgIpc) is 2.47. The van der Waals surface area contributed by atoms with Crippen molar-refractivity contribution in [1.29, 1.82) is 0 Å². The molecule has 0 aliphatic carbocycles. The highest BCUT2D eigenvalue weighted by atomic mass is 35.5. The number of nitrogens with one attached hydrogen (secondary N) is 2. The van der Waals surface area contributed by atoms with Gasteiger partial charge in [-0.1, -0.05) is 29.8 Å². The van der Waals surface area contributed by atoms with Gasteiger partial charge in [-0.2, -0.15) is 5.10 Å². The monoisotopic (exact) mass is 303 g/mol. The summed E-state index contributed by atoms with van der Waals surface area (Å²) in [4.78, 5) is 11.6. The number of anilines is 1. The van der Waals surface area contributed by atoms with Crippen molar-refractivity contribution >= 4 is 29.4 Å². The maximum Gasteiger partial charge on any atom is 0.259 e. The number of benzene rings is 2. The van der Waals surface area contributed by atoms with Gasteiger partial charge in [0.2, 0.25) is 0 Å². The Labute approximate surface area is 127 Å². The lowest BCUT2D eigenvalue weighted by molar-refractivity contribution is -0.119. The number of phenols is 1. The molecule has 2 rings (SSSR count). The summed E-state index contributed by atoms with van der Waals surface area (Å²) in [5.74, 6) is -0.200. The van der Waals surface area contributed by atoms with Gasteiger partial charge in [0.15, 0.2) is 0 Å². The molecule has 0 saturated carbocycles. The zero-order valence-corrected chi connectivity index (χ0v) is 11.8. The van der Waals surface area contributed by atoms with E-state index in [1.807, 2.05) is 6.07 Å². The first-order chi connectivity index (χ1) is 10.1. The molecule has 0 heterocycles. The van der Waals surface area contributed by atoms with E-state index in [1.165, 1.54) is 6.21 Å². The number of nitrogens with zero attached hydrogens (tertiary/aromatic N) is 1. The molecule has 0 aliphatic heterocycles. The third-order valence-corrected chi connectivity index (χ3v) is 2.84. The van der Waals surface area contributed by atoms with Gasteiger partial charge in [-0.15, -0.1) is 0 Å². The Morgan fingerprint density at radius 1 is 1.24 bits per heavy atom. The Morgan fingerprint density at radius 2 is 2.05 bits per heavy atom. The maximum atomic E-state index is 11.6. The summed E-state index contributed by atoms with van der Waals surface area (Å²) in [6.07, 6.45) is 1.38. The zero-order valence-electron chi connectivity index (χ0n) is 11.1. The quantitative estimate of drug-likeness (QED) is 0.587. The lowest BCUT2D eigenvalue weighted by atomic mass is 10.2. The van der Waals surface area contributed by atoms with E-state index < -0.39 is 0 Å². The Hall–Kier alpha value is -2.53. The number of amides is 1. The number of carbonyl (C=O) groups excluding carboxylic acids is 1. The molecule has 108 valence electrons. The minimum Gasteiger partial charge on any atom is -0.507 e. The minimum atomic E-state index is -0.304. The molecule has 0 unspecified atom stereocenters. The third kappa shape index (κ3) is 4.81. The molecule has 3 N–H and O–H groups in total. The SMILES string of the molecule is O=C(CNc1cccc(Cl)c1)NN=Cc1ccccc1O. The highest BCUT2D eigenvalue weighted by Gasteiger charge is 2.00. The molecule has 0 saturated heterocycles. The number of hydrogen-bond acceptors (Lipinski definition) is 4. The molecule has 0 aromatic heterocycles. The van der Waals surface area contributed by atoms with Crippen molar-refractivity contribution < 1.29 is 9.90 Å². The third-order valence-electron chi connectivity index (χ3n) is 2.61.